The SMILES string of the molecule is CCOC(=O)c1ccc(F)c(S(=O)(=O)Nc2cccc(-c3cn[nH]c3)c2)c1. The van der Waals surface area contributed by atoms with Gasteiger partial charge in [0.15, 0.2) is 0 Å². The van der Waals surface area contributed by atoms with Crippen LogP contribution in [0.3, 0.4) is 0 Å². The Kier molecular flexibility index (Phi) is 5.22. The fourth-order valence-electron chi connectivity index (χ4n) is 2.43. The lowest BCUT2D eigenvalue weighted by Crippen LogP contribution is -2.16. The third kappa shape index (κ3) is 4.14. The second-order valence-corrected chi connectivity index (χ2v) is 7.19. The molecule has 9 heteroatoms. The maximum atomic E-state index is 14.1. The molecule has 0 saturated carbocycles. The topological polar surface area (TPSA) is 101 Å². The molecule has 0 aliphatic rings. The maximum absolute atomic E-state index is 14.1. The third-order valence-corrected chi connectivity index (χ3v) is 5.07. The lowest BCUT2D eigenvalue weighted by atomic mass is 10.1. The van der Waals surface area contributed by atoms with Gasteiger partial charge >= 0.3 is 5.97 Å². The summed E-state index contributed by atoms with van der Waals surface area (Å²) in [5.41, 5.74) is 1.69. The molecular weight excluding hydrogens is 373 g/mol. The van der Waals surface area contributed by atoms with Crippen LogP contribution in [0, 0.1) is 5.82 Å². The number of benzene rings is 2. The van der Waals surface area contributed by atoms with Gasteiger partial charge in [0.25, 0.3) is 10.0 Å². The van der Waals surface area contributed by atoms with Crippen LogP contribution in [0.5, 0.6) is 0 Å². The number of esters is 1. The zero-order valence-corrected chi connectivity index (χ0v) is 15.1. The van der Waals surface area contributed by atoms with Gasteiger partial charge in [-0.25, -0.2) is 17.6 Å². The molecule has 3 aromatic rings. The highest BCUT2D eigenvalue weighted by atomic mass is 32.2. The maximum Gasteiger partial charge on any atom is 0.338 e. The highest BCUT2D eigenvalue weighted by Gasteiger charge is 2.22. The Balaban J connectivity index is 1.92. The zero-order chi connectivity index (χ0) is 19.4. The molecule has 0 fully saturated rings. The zero-order valence-electron chi connectivity index (χ0n) is 14.3. The van der Waals surface area contributed by atoms with Gasteiger partial charge in [0.1, 0.15) is 10.7 Å². The van der Waals surface area contributed by atoms with Crippen LogP contribution in [-0.2, 0) is 14.8 Å². The molecule has 0 spiro atoms. The molecule has 2 aromatic carbocycles. The van der Waals surface area contributed by atoms with Gasteiger partial charge in [-0.3, -0.25) is 9.82 Å². The number of carbonyl (C=O) groups excluding carboxylic acids is 1. The smallest absolute Gasteiger partial charge is 0.338 e. The largest absolute Gasteiger partial charge is 0.462 e. The van der Waals surface area contributed by atoms with Gasteiger partial charge < -0.3 is 4.74 Å². The molecule has 0 aliphatic heterocycles. The lowest BCUT2D eigenvalue weighted by molar-refractivity contribution is 0.0526. The van der Waals surface area contributed by atoms with Crippen molar-refractivity contribution in [3.8, 4) is 11.1 Å². The first-order chi connectivity index (χ1) is 12.9. The molecule has 0 aliphatic carbocycles. The van der Waals surface area contributed by atoms with Crippen molar-refractivity contribution in [1.29, 1.82) is 0 Å². The highest BCUT2D eigenvalue weighted by molar-refractivity contribution is 7.92. The van der Waals surface area contributed by atoms with Crippen molar-refractivity contribution in [1.82, 2.24) is 10.2 Å². The Bertz CT molecular complexity index is 1070. The molecule has 140 valence electrons. The van der Waals surface area contributed by atoms with Gasteiger partial charge in [-0.05, 0) is 42.8 Å². The van der Waals surface area contributed by atoms with E-state index < -0.39 is 26.7 Å². The number of carbonyl (C=O) groups is 1. The van der Waals surface area contributed by atoms with Crippen LogP contribution in [-0.4, -0.2) is 31.2 Å². The molecule has 0 radical (unpaired) electrons. The normalized spacial score (nSPS) is 11.2. The first kappa shape index (κ1) is 18.6. The summed E-state index contributed by atoms with van der Waals surface area (Å²) in [7, 11) is -4.26. The predicted octanol–water partition coefficient (Wildman–Crippen LogP) is 3.19. The molecule has 1 aromatic heterocycles. The molecule has 0 unspecified atom stereocenters. The number of rotatable bonds is 6. The van der Waals surface area contributed by atoms with E-state index in [9.17, 15) is 17.6 Å². The Morgan fingerprint density at radius 2 is 2.04 bits per heavy atom. The summed E-state index contributed by atoms with van der Waals surface area (Å²) in [5, 5.41) is 6.52. The number of ether oxygens (including phenoxy) is 1. The molecule has 2 N–H and O–H groups in total. The summed E-state index contributed by atoms with van der Waals surface area (Å²) in [5.74, 6) is -1.70. The van der Waals surface area contributed by atoms with Crippen molar-refractivity contribution in [2.75, 3.05) is 11.3 Å². The first-order valence-electron chi connectivity index (χ1n) is 7.99. The van der Waals surface area contributed by atoms with Gasteiger partial charge in [0, 0.05) is 17.4 Å². The standard InChI is InChI=1S/C18H16FN3O4S/c1-2-26-18(23)13-6-7-16(19)17(9-13)27(24,25)22-15-5-3-4-12(8-15)14-10-20-21-11-14/h3-11,22H,2H2,1H3,(H,20,21). The average molecular weight is 389 g/mol. The summed E-state index contributed by atoms with van der Waals surface area (Å²) in [6.45, 7) is 1.74. The van der Waals surface area contributed by atoms with Crippen LogP contribution in [0.25, 0.3) is 11.1 Å². The lowest BCUT2D eigenvalue weighted by Gasteiger charge is -2.11. The molecule has 0 saturated heterocycles. The number of H-pyrrole nitrogens is 1. The van der Waals surface area contributed by atoms with Gasteiger partial charge in [-0.2, -0.15) is 5.10 Å². The van der Waals surface area contributed by atoms with E-state index in [0.717, 1.165) is 23.3 Å². The fourth-order valence-corrected chi connectivity index (χ4v) is 3.59. The number of halogens is 1. The summed E-state index contributed by atoms with van der Waals surface area (Å²) in [6, 6.07) is 9.62. The highest BCUT2D eigenvalue weighted by Crippen LogP contribution is 2.25. The van der Waals surface area contributed by atoms with E-state index in [1.807, 2.05) is 0 Å². The third-order valence-electron chi connectivity index (χ3n) is 3.68. The van der Waals surface area contributed by atoms with Crippen LogP contribution in [0.4, 0.5) is 10.1 Å². The van der Waals surface area contributed by atoms with Crippen LogP contribution in [0.2, 0.25) is 0 Å². The molecule has 1 heterocycles. The molecule has 0 bridgehead atoms. The molecule has 7 nitrogen and oxygen atoms in total. The van der Waals surface area contributed by atoms with Gasteiger partial charge in [-0.15, -0.1) is 0 Å². The summed E-state index contributed by atoms with van der Waals surface area (Å²) in [4.78, 5) is 11.2. The molecular formula is C18H16FN3O4S. The van der Waals surface area contributed by atoms with E-state index in [2.05, 4.69) is 14.9 Å². The quantitative estimate of drug-likeness (QED) is 0.631. The number of hydrogen-bond donors (Lipinski definition) is 2. The second-order valence-electron chi connectivity index (χ2n) is 5.54. The minimum absolute atomic E-state index is 0.0502. The van der Waals surface area contributed by atoms with E-state index >= 15 is 0 Å². The summed E-state index contributed by atoms with van der Waals surface area (Å²) < 4.78 is 46.5. The van der Waals surface area contributed by atoms with Crippen molar-refractivity contribution in [2.45, 2.75) is 11.8 Å². The number of anilines is 1. The minimum Gasteiger partial charge on any atom is -0.462 e. The van der Waals surface area contributed by atoms with Crippen molar-refractivity contribution in [3.05, 3.63) is 66.2 Å². The predicted molar refractivity (Wildman–Crippen MR) is 97.2 cm³/mol. The Labute approximate surface area is 155 Å². The van der Waals surface area contributed by atoms with Crippen molar-refractivity contribution in [3.63, 3.8) is 0 Å². The fraction of sp³-hybridized carbons (Fsp3) is 0.111. The molecule has 0 atom stereocenters. The average Bonchev–Trinajstić information content (AvgIpc) is 3.16. The van der Waals surface area contributed by atoms with E-state index in [1.165, 1.54) is 12.1 Å². The van der Waals surface area contributed by atoms with E-state index in [0.29, 0.717) is 0 Å². The molecule has 0 amide bonds. The Morgan fingerprint density at radius 1 is 1.22 bits per heavy atom. The van der Waals surface area contributed by atoms with Crippen molar-refractivity contribution in [2.24, 2.45) is 0 Å². The van der Waals surface area contributed by atoms with Gasteiger partial charge in [-0.1, -0.05) is 12.1 Å². The molecule has 27 heavy (non-hydrogen) atoms. The summed E-state index contributed by atoms with van der Waals surface area (Å²) in [6.07, 6.45) is 3.26. The van der Waals surface area contributed by atoms with Crippen molar-refractivity contribution >= 4 is 21.7 Å². The number of hydrogen-bond acceptors (Lipinski definition) is 5. The number of nitrogens with one attached hydrogen (secondary N) is 2. The van der Waals surface area contributed by atoms with Crippen molar-refractivity contribution < 1.29 is 22.3 Å². The number of sulfonamides is 1. The van der Waals surface area contributed by atoms with E-state index in [-0.39, 0.29) is 17.9 Å². The van der Waals surface area contributed by atoms with Crippen LogP contribution >= 0.6 is 0 Å². The Morgan fingerprint density at radius 3 is 2.74 bits per heavy atom. The monoisotopic (exact) mass is 389 g/mol. The Hall–Kier alpha value is -3.20. The van der Waals surface area contributed by atoms with Gasteiger partial charge in [0.05, 0.1) is 18.4 Å². The van der Waals surface area contributed by atoms with Crippen LogP contribution < -0.4 is 4.72 Å². The second kappa shape index (κ2) is 7.58. The molecule has 3 rings (SSSR count). The number of nitrogens with zero attached hydrogens (tertiary/aromatic N) is 1. The van der Waals surface area contributed by atoms with E-state index in [1.54, 1.807) is 37.5 Å². The number of aromatic nitrogens is 2. The van der Waals surface area contributed by atoms with Gasteiger partial charge in [0.2, 0.25) is 0 Å². The number of aromatic amines is 1. The first-order valence-corrected chi connectivity index (χ1v) is 9.47. The van der Waals surface area contributed by atoms with Crippen LogP contribution in [0.1, 0.15) is 17.3 Å². The minimum atomic E-state index is -4.26. The summed E-state index contributed by atoms with van der Waals surface area (Å²) >= 11 is 0. The van der Waals surface area contributed by atoms with Crippen LogP contribution in [0.15, 0.2) is 59.8 Å². The van der Waals surface area contributed by atoms with E-state index in [4.69, 9.17) is 4.74 Å².